The fraction of sp³-hybridized carbons (Fsp3) is 1.00. The molecule has 2 heteroatoms. The van der Waals surface area contributed by atoms with Crippen molar-refractivity contribution < 1.29 is 5.11 Å². The van der Waals surface area contributed by atoms with Gasteiger partial charge in [0.15, 0.2) is 0 Å². The minimum absolute atomic E-state index is 0.175. The maximum Gasteiger partial charge on any atom is 0.0638 e. The van der Waals surface area contributed by atoms with Crippen LogP contribution < -0.4 is 5.73 Å². The van der Waals surface area contributed by atoms with Gasteiger partial charge < -0.3 is 10.8 Å². The van der Waals surface area contributed by atoms with E-state index < -0.39 is 0 Å². The normalized spacial score (nSPS) is 24.4. The van der Waals surface area contributed by atoms with Crippen LogP contribution in [0.1, 0.15) is 52.9 Å². The van der Waals surface area contributed by atoms with Gasteiger partial charge in [-0.15, -0.1) is 0 Å². The number of aliphatic hydroxyl groups is 1. The summed E-state index contributed by atoms with van der Waals surface area (Å²) >= 11 is 0. The van der Waals surface area contributed by atoms with Crippen molar-refractivity contribution >= 4 is 0 Å². The van der Waals surface area contributed by atoms with Crippen molar-refractivity contribution in [1.29, 1.82) is 0 Å². The van der Waals surface area contributed by atoms with E-state index in [4.69, 9.17) is 5.73 Å². The van der Waals surface area contributed by atoms with Gasteiger partial charge in [0, 0.05) is 0 Å². The highest BCUT2D eigenvalue weighted by atomic mass is 16.3. The lowest BCUT2D eigenvalue weighted by Crippen LogP contribution is -2.43. The Labute approximate surface area is 94.2 Å². The molecule has 1 fully saturated rings. The van der Waals surface area contributed by atoms with Crippen molar-refractivity contribution in [3.63, 3.8) is 0 Å². The van der Waals surface area contributed by atoms with Crippen molar-refractivity contribution in [2.75, 3.05) is 6.54 Å². The van der Waals surface area contributed by atoms with Gasteiger partial charge in [0.2, 0.25) is 0 Å². The largest absolute Gasteiger partial charge is 0.392 e. The summed E-state index contributed by atoms with van der Waals surface area (Å²) < 4.78 is 0. The minimum Gasteiger partial charge on any atom is -0.392 e. The van der Waals surface area contributed by atoms with Crippen molar-refractivity contribution in [2.45, 2.75) is 59.0 Å². The van der Waals surface area contributed by atoms with Gasteiger partial charge in [-0.2, -0.15) is 0 Å². The molecule has 0 aliphatic heterocycles. The molecule has 0 spiro atoms. The van der Waals surface area contributed by atoms with E-state index in [-0.39, 0.29) is 17.4 Å². The predicted octanol–water partition coefficient (Wildman–Crippen LogP) is 2.55. The first-order valence-electron chi connectivity index (χ1n) is 6.45. The Kier molecular flexibility index (Phi) is 4.60. The predicted molar refractivity (Wildman–Crippen MR) is 64.6 cm³/mol. The molecule has 0 radical (unpaired) electrons. The highest BCUT2D eigenvalue weighted by Crippen LogP contribution is 2.46. The van der Waals surface area contributed by atoms with E-state index in [1.807, 2.05) is 0 Å². The van der Waals surface area contributed by atoms with Crippen LogP contribution in [0.5, 0.6) is 0 Å². The smallest absolute Gasteiger partial charge is 0.0638 e. The molecular weight excluding hydrogens is 186 g/mol. The molecule has 1 rings (SSSR count). The molecule has 90 valence electrons. The van der Waals surface area contributed by atoms with Crippen LogP contribution in [0.15, 0.2) is 0 Å². The van der Waals surface area contributed by atoms with E-state index in [0.717, 1.165) is 6.42 Å². The zero-order valence-corrected chi connectivity index (χ0v) is 10.5. The second-order valence-electron chi connectivity index (χ2n) is 5.51. The van der Waals surface area contributed by atoms with Gasteiger partial charge in [-0.3, -0.25) is 0 Å². The summed E-state index contributed by atoms with van der Waals surface area (Å²) in [5.74, 6) is 0.747. The molecule has 2 nitrogen and oxygen atoms in total. The van der Waals surface area contributed by atoms with E-state index in [2.05, 4.69) is 20.8 Å². The van der Waals surface area contributed by atoms with Gasteiger partial charge in [0.1, 0.15) is 0 Å². The maximum absolute atomic E-state index is 10.5. The summed E-state index contributed by atoms with van der Waals surface area (Å²) in [6.07, 6.45) is 5.83. The van der Waals surface area contributed by atoms with Crippen molar-refractivity contribution in [3.05, 3.63) is 0 Å². The first-order chi connectivity index (χ1) is 7.07. The molecular formula is C13H27NO. The average Bonchev–Trinajstić information content (AvgIpc) is 2.67. The van der Waals surface area contributed by atoms with E-state index in [1.165, 1.54) is 25.7 Å². The number of rotatable bonds is 5. The maximum atomic E-state index is 10.5. The standard InChI is InChI=1S/C13H27NO/c1-4-13(7-5-6-8-13)12(15)11(9-14)10(2)3/h10-12,15H,4-9,14H2,1-3H3. The number of hydrogen-bond acceptors (Lipinski definition) is 2. The fourth-order valence-corrected chi connectivity index (χ4v) is 3.16. The average molecular weight is 213 g/mol. The summed E-state index contributed by atoms with van der Waals surface area (Å²) in [6.45, 7) is 7.15. The van der Waals surface area contributed by atoms with E-state index in [0.29, 0.717) is 12.5 Å². The molecule has 1 saturated carbocycles. The molecule has 3 N–H and O–H groups in total. The number of aliphatic hydroxyl groups excluding tert-OH is 1. The Bertz CT molecular complexity index is 185. The highest BCUT2D eigenvalue weighted by molar-refractivity contribution is 4.93. The van der Waals surface area contributed by atoms with E-state index >= 15 is 0 Å². The Morgan fingerprint density at radius 3 is 2.13 bits per heavy atom. The van der Waals surface area contributed by atoms with Crippen LogP contribution in [-0.4, -0.2) is 17.8 Å². The summed E-state index contributed by atoms with van der Waals surface area (Å²) in [6, 6.07) is 0. The molecule has 0 amide bonds. The number of nitrogens with two attached hydrogens (primary N) is 1. The molecule has 0 bridgehead atoms. The van der Waals surface area contributed by atoms with Crippen LogP contribution in [0, 0.1) is 17.3 Å². The third-order valence-corrected chi connectivity index (χ3v) is 4.46. The first-order valence-corrected chi connectivity index (χ1v) is 6.45. The van der Waals surface area contributed by atoms with Gasteiger partial charge in [-0.25, -0.2) is 0 Å². The van der Waals surface area contributed by atoms with Crippen molar-refractivity contribution in [3.8, 4) is 0 Å². The molecule has 0 saturated heterocycles. The van der Waals surface area contributed by atoms with Gasteiger partial charge >= 0.3 is 0 Å². The quantitative estimate of drug-likeness (QED) is 0.737. The van der Waals surface area contributed by atoms with Gasteiger partial charge in [0.25, 0.3) is 0 Å². The van der Waals surface area contributed by atoms with Crippen LogP contribution in [0.4, 0.5) is 0 Å². The topological polar surface area (TPSA) is 46.2 Å². The molecule has 0 heterocycles. The molecule has 1 aliphatic carbocycles. The molecule has 0 aromatic rings. The summed E-state index contributed by atoms with van der Waals surface area (Å²) in [5.41, 5.74) is 5.97. The lowest BCUT2D eigenvalue weighted by Gasteiger charge is -2.39. The molecule has 0 aromatic heterocycles. The highest BCUT2D eigenvalue weighted by Gasteiger charge is 2.42. The minimum atomic E-state index is -0.199. The van der Waals surface area contributed by atoms with Crippen LogP contribution in [0.3, 0.4) is 0 Å². The zero-order valence-electron chi connectivity index (χ0n) is 10.5. The summed E-state index contributed by atoms with van der Waals surface area (Å²) in [5, 5.41) is 10.5. The number of hydrogen-bond donors (Lipinski definition) is 2. The van der Waals surface area contributed by atoms with Gasteiger partial charge in [-0.05, 0) is 43.1 Å². The van der Waals surface area contributed by atoms with Gasteiger partial charge in [0.05, 0.1) is 6.10 Å². The molecule has 15 heavy (non-hydrogen) atoms. The van der Waals surface area contributed by atoms with Crippen molar-refractivity contribution in [2.24, 2.45) is 23.0 Å². The van der Waals surface area contributed by atoms with Crippen molar-refractivity contribution in [1.82, 2.24) is 0 Å². The first kappa shape index (κ1) is 13.0. The molecule has 2 unspecified atom stereocenters. The Morgan fingerprint density at radius 1 is 1.27 bits per heavy atom. The summed E-state index contributed by atoms with van der Waals surface area (Å²) in [7, 11) is 0. The Balaban J connectivity index is 2.74. The van der Waals surface area contributed by atoms with Crippen LogP contribution >= 0.6 is 0 Å². The molecule has 2 atom stereocenters. The Morgan fingerprint density at radius 2 is 1.80 bits per heavy atom. The van der Waals surface area contributed by atoms with Gasteiger partial charge in [-0.1, -0.05) is 33.6 Å². The molecule has 1 aliphatic rings. The lowest BCUT2D eigenvalue weighted by atomic mass is 9.70. The third kappa shape index (κ3) is 2.54. The Hall–Kier alpha value is -0.0800. The third-order valence-electron chi connectivity index (χ3n) is 4.46. The SMILES string of the molecule is CCC1(C(O)C(CN)C(C)C)CCCC1. The van der Waals surface area contributed by atoms with Crippen LogP contribution in [0.25, 0.3) is 0 Å². The second-order valence-corrected chi connectivity index (χ2v) is 5.51. The monoisotopic (exact) mass is 213 g/mol. The lowest BCUT2D eigenvalue weighted by molar-refractivity contribution is -0.0308. The molecule has 0 aromatic carbocycles. The van der Waals surface area contributed by atoms with E-state index in [1.54, 1.807) is 0 Å². The van der Waals surface area contributed by atoms with Crippen LogP contribution in [-0.2, 0) is 0 Å². The van der Waals surface area contributed by atoms with Crippen LogP contribution in [0.2, 0.25) is 0 Å². The second kappa shape index (κ2) is 5.31. The fourth-order valence-electron chi connectivity index (χ4n) is 3.16. The van der Waals surface area contributed by atoms with E-state index in [9.17, 15) is 5.11 Å². The summed E-state index contributed by atoms with van der Waals surface area (Å²) in [4.78, 5) is 0. The zero-order chi connectivity index (χ0) is 11.5.